The molecule has 3 heterocycles. The molecule has 0 aliphatic carbocycles. The minimum Gasteiger partial charge on any atom is -0.342 e. The van der Waals surface area contributed by atoms with Crippen LogP contribution in [-0.4, -0.2) is 107 Å². The molecule has 9 nitrogen and oxygen atoms in total. The van der Waals surface area contributed by atoms with Crippen LogP contribution in [-0.2, 0) is 19.2 Å². The Morgan fingerprint density at radius 1 is 0.830 bits per heavy atom. The molecule has 0 aromatic rings. The number of amides is 4. The molecule has 5 unspecified atom stereocenters. The Morgan fingerprint density at radius 3 is 1.79 bits per heavy atom. The van der Waals surface area contributed by atoms with E-state index in [-0.39, 0.29) is 35.8 Å². The Hall–Kier alpha value is -2.42. The molecule has 5 atom stereocenters. The highest BCUT2D eigenvalue weighted by Crippen LogP contribution is 2.25. The van der Waals surface area contributed by atoms with Crippen LogP contribution >= 0.6 is 0 Å². The number of piperidine rings is 2. The molecule has 0 aromatic heterocycles. The van der Waals surface area contributed by atoms with Gasteiger partial charge in [0.2, 0.25) is 24.1 Å². The van der Waals surface area contributed by atoms with Crippen molar-refractivity contribution in [1.82, 2.24) is 24.9 Å². The molecular formula is C38H71N5O4. The van der Waals surface area contributed by atoms with Crippen molar-refractivity contribution in [2.45, 2.75) is 171 Å². The van der Waals surface area contributed by atoms with E-state index in [0.717, 1.165) is 64.1 Å². The van der Waals surface area contributed by atoms with Crippen molar-refractivity contribution in [2.24, 2.45) is 11.3 Å². The summed E-state index contributed by atoms with van der Waals surface area (Å²) in [6, 6.07) is 0.111. The average molecular weight is 662 g/mol. The lowest BCUT2D eigenvalue weighted by molar-refractivity contribution is -0.141. The predicted molar refractivity (Wildman–Crippen MR) is 194 cm³/mol. The Labute approximate surface area is 288 Å². The molecule has 9 heteroatoms. The molecule has 3 saturated heterocycles. The first kappa shape index (κ1) is 42.6. The van der Waals surface area contributed by atoms with Gasteiger partial charge >= 0.3 is 0 Å². The third-order valence-electron chi connectivity index (χ3n) is 9.47. The first-order chi connectivity index (χ1) is 21.8. The normalized spacial score (nSPS) is 23.6. The summed E-state index contributed by atoms with van der Waals surface area (Å²) in [6.45, 7) is 27.2. The third kappa shape index (κ3) is 13.9. The second kappa shape index (κ2) is 20.2. The molecule has 0 bridgehead atoms. The minimum absolute atomic E-state index is 0.0481. The number of nitrogens with zero attached hydrogens (tertiary/aromatic N) is 4. The van der Waals surface area contributed by atoms with Gasteiger partial charge in [-0.05, 0) is 104 Å². The average Bonchev–Trinajstić information content (AvgIpc) is 3.53. The van der Waals surface area contributed by atoms with Gasteiger partial charge in [0.1, 0.15) is 6.04 Å². The van der Waals surface area contributed by atoms with Crippen molar-refractivity contribution in [3.05, 3.63) is 11.6 Å². The lowest BCUT2D eigenvalue weighted by Crippen LogP contribution is -2.60. The molecule has 0 spiro atoms. The summed E-state index contributed by atoms with van der Waals surface area (Å²) in [5.41, 5.74) is 0.220. The van der Waals surface area contributed by atoms with E-state index in [9.17, 15) is 19.2 Å². The summed E-state index contributed by atoms with van der Waals surface area (Å²) >= 11 is 0. The van der Waals surface area contributed by atoms with E-state index in [0.29, 0.717) is 17.7 Å². The van der Waals surface area contributed by atoms with Gasteiger partial charge in [0, 0.05) is 49.9 Å². The standard InChI is InChI=1S/C26H46N4O3.C8H15NO.C4H10/c1-18(2)30-16-10-9-13-21(30)23(31)27-22(26(5,6)7)25(33)28(8)20(4)17-19(3)24(32)29-14-11-12-15-29;1-7-4-3-5-8(2)9(7)6-10;1-4(2)3/h17-18,20-22H,9-16H2,1-8H3,(H,27,31);6-8H,3-5H2,1-2H3;4H,1-3H3/b19-17+;;. The zero-order valence-corrected chi connectivity index (χ0v) is 32.4. The van der Waals surface area contributed by atoms with E-state index in [4.69, 9.17) is 0 Å². The Balaban J connectivity index is 0.000000651. The lowest BCUT2D eigenvalue weighted by Gasteiger charge is -2.40. The summed E-state index contributed by atoms with van der Waals surface area (Å²) in [4.78, 5) is 57.7. The highest BCUT2D eigenvalue weighted by Gasteiger charge is 2.39. The lowest BCUT2D eigenvalue weighted by atomic mass is 9.85. The van der Waals surface area contributed by atoms with Gasteiger partial charge in [-0.15, -0.1) is 0 Å². The third-order valence-corrected chi connectivity index (χ3v) is 9.47. The maximum Gasteiger partial charge on any atom is 0.249 e. The van der Waals surface area contributed by atoms with Gasteiger partial charge in [0.25, 0.3) is 0 Å². The molecule has 1 N–H and O–H groups in total. The van der Waals surface area contributed by atoms with Crippen LogP contribution in [0, 0.1) is 11.3 Å². The zero-order valence-electron chi connectivity index (χ0n) is 32.4. The van der Waals surface area contributed by atoms with E-state index >= 15 is 0 Å². The number of rotatable bonds is 8. The van der Waals surface area contributed by atoms with Crippen LogP contribution in [0.1, 0.15) is 134 Å². The molecule has 3 rings (SSSR count). The van der Waals surface area contributed by atoms with E-state index in [1.807, 2.05) is 50.5 Å². The smallest absolute Gasteiger partial charge is 0.249 e. The molecule has 3 aliphatic rings. The number of likely N-dealkylation sites (tertiary alicyclic amines) is 3. The maximum absolute atomic E-state index is 13.5. The fourth-order valence-electron chi connectivity index (χ4n) is 6.51. The predicted octanol–water partition coefficient (Wildman–Crippen LogP) is 6.26. The van der Waals surface area contributed by atoms with Gasteiger partial charge in [-0.3, -0.25) is 24.1 Å². The Kier molecular flexibility index (Phi) is 18.3. The van der Waals surface area contributed by atoms with Gasteiger partial charge in [-0.2, -0.15) is 0 Å². The second-order valence-electron chi connectivity index (χ2n) is 16.1. The highest BCUT2D eigenvalue weighted by atomic mass is 16.2. The van der Waals surface area contributed by atoms with Crippen LogP contribution in [0.3, 0.4) is 0 Å². The SMILES string of the molecule is C/C(=C\C(C)N(C)C(=O)C(NC(=O)C1CCCCN1C(C)C)C(C)(C)C)C(=O)N1CCCC1.CC(C)C.CC1CCCC(C)N1C=O. The monoisotopic (exact) mass is 662 g/mol. The van der Waals surface area contributed by atoms with Crippen LogP contribution in [0.4, 0.5) is 0 Å². The first-order valence-electron chi connectivity index (χ1n) is 18.4. The van der Waals surface area contributed by atoms with Gasteiger partial charge < -0.3 is 20.0 Å². The zero-order chi connectivity index (χ0) is 36.1. The minimum atomic E-state index is -0.642. The number of carbonyl (C=O) groups is 4. The van der Waals surface area contributed by atoms with Crippen molar-refractivity contribution in [3.8, 4) is 0 Å². The van der Waals surface area contributed by atoms with Gasteiger partial charge in [-0.25, -0.2) is 0 Å². The summed E-state index contributed by atoms with van der Waals surface area (Å²) in [7, 11) is 1.75. The Bertz CT molecular complexity index is 1000. The van der Waals surface area contributed by atoms with E-state index < -0.39 is 11.5 Å². The van der Waals surface area contributed by atoms with Crippen molar-refractivity contribution >= 4 is 24.1 Å². The fourth-order valence-corrected chi connectivity index (χ4v) is 6.51. The van der Waals surface area contributed by atoms with E-state index in [1.54, 1.807) is 11.9 Å². The molecular weight excluding hydrogens is 590 g/mol. The van der Waals surface area contributed by atoms with Gasteiger partial charge in [0.05, 0.1) is 6.04 Å². The van der Waals surface area contributed by atoms with Crippen LogP contribution in [0.15, 0.2) is 11.6 Å². The molecule has 0 saturated carbocycles. The number of likely N-dealkylation sites (N-methyl/N-ethyl adjacent to an activating group) is 1. The summed E-state index contributed by atoms with van der Waals surface area (Å²) in [5.74, 6) is 0.688. The molecule has 4 amide bonds. The van der Waals surface area contributed by atoms with Crippen LogP contribution in [0.2, 0.25) is 0 Å². The van der Waals surface area contributed by atoms with Crippen LogP contribution in [0.5, 0.6) is 0 Å². The second-order valence-corrected chi connectivity index (χ2v) is 16.1. The first-order valence-corrected chi connectivity index (χ1v) is 18.4. The van der Waals surface area contributed by atoms with Crippen molar-refractivity contribution in [1.29, 1.82) is 0 Å². The number of nitrogens with one attached hydrogen (secondary N) is 1. The molecule has 272 valence electrons. The highest BCUT2D eigenvalue weighted by molar-refractivity contribution is 5.93. The largest absolute Gasteiger partial charge is 0.342 e. The molecule has 47 heavy (non-hydrogen) atoms. The number of hydrogen-bond donors (Lipinski definition) is 1. The molecule has 0 aromatic carbocycles. The number of carbonyl (C=O) groups excluding carboxylic acids is 4. The van der Waals surface area contributed by atoms with Crippen LogP contribution in [0.25, 0.3) is 0 Å². The quantitative estimate of drug-likeness (QED) is 0.245. The van der Waals surface area contributed by atoms with E-state index in [2.05, 4.69) is 58.7 Å². The van der Waals surface area contributed by atoms with Gasteiger partial charge in [0.15, 0.2) is 0 Å². The molecule has 3 aliphatic heterocycles. The fraction of sp³-hybridized carbons (Fsp3) is 0.842. The summed E-state index contributed by atoms with van der Waals surface area (Å²) in [5, 5.41) is 3.10. The van der Waals surface area contributed by atoms with Crippen molar-refractivity contribution in [3.63, 3.8) is 0 Å². The van der Waals surface area contributed by atoms with E-state index in [1.165, 1.54) is 19.3 Å². The summed E-state index contributed by atoms with van der Waals surface area (Å²) in [6.07, 6.45) is 11.5. The molecule has 3 fully saturated rings. The molecule has 0 radical (unpaired) electrons. The Morgan fingerprint density at radius 2 is 1.34 bits per heavy atom. The van der Waals surface area contributed by atoms with Crippen molar-refractivity contribution < 1.29 is 19.2 Å². The topological polar surface area (TPSA) is 93.3 Å². The van der Waals surface area contributed by atoms with Crippen molar-refractivity contribution in [2.75, 3.05) is 26.7 Å². The van der Waals surface area contributed by atoms with Crippen LogP contribution < -0.4 is 5.32 Å². The summed E-state index contributed by atoms with van der Waals surface area (Å²) < 4.78 is 0. The maximum atomic E-state index is 13.5. The van der Waals surface area contributed by atoms with Gasteiger partial charge in [-0.1, -0.05) is 54.0 Å². The number of hydrogen-bond acceptors (Lipinski definition) is 5.